The van der Waals surface area contributed by atoms with E-state index >= 15 is 0 Å². The van der Waals surface area contributed by atoms with E-state index in [1.165, 1.54) is 16.8 Å². The Bertz CT molecular complexity index is 810. The zero-order valence-electron chi connectivity index (χ0n) is 11.1. The Labute approximate surface area is 123 Å². The van der Waals surface area contributed by atoms with Crippen molar-refractivity contribution in [2.24, 2.45) is 0 Å². The van der Waals surface area contributed by atoms with Gasteiger partial charge in [0, 0.05) is 11.3 Å². The quantitative estimate of drug-likeness (QED) is 0.739. The molecule has 8 heteroatoms. The van der Waals surface area contributed by atoms with Crippen LogP contribution in [0.25, 0.3) is 17.1 Å². The Morgan fingerprint density at radius 1 is 1.00 bits per heavy atom. The highest BCUT2D eigenvalue weighted by Crippen LogP contribution is 2.31. The van der Waals surface area contributed by atoms with Crippen molar-refractivity contribution >= 4 is 5.69 Å². The molecule has 0 unspecified atom stereocenters. The minimum atomic E-state index is -4.43. The van der Waals surface area contributed by atoms with Gasteiger partial charge >= 0.3 is 6.18 Å². The number of alkyl halides is 3. The van der Waals surface area contributed by atoms with E-state index in [1.807, 2.05) is 0 Å². The molecule has 0 fully saturated rings. The molecule has 2 N–H and O–H groups in total. The van der Waals surface area contributed by atoms with Gasteiger partial charge in [0.15, 0.2) is 5.82 Å². The van der Waals surface area contributed by atoms with Crippen molar-refractivity contribution in [2.45, 2.75) is 6.18 Å². The summed E-state index contributed by atoms with van der Waals surface area (Å²) in [6, 6.07) is 11.6. The van der Waals surface area contributed by atoms with Crippen LogP contribution < -0.4 is 5.73 Å². The van der Waals surface area contributed by atoms with Crippen molar-refractivity contribution in [3.8, 4) is 17.1 Å². The summed E-state index contributed by atoms with van der Waals surface area (Å²) in [5, 5.41) is 11.2. The molecule has 0 saturated carbocycles. The number of hydrogen-bond acceptors (Lipinski definition) is 4. The van der Waals surface area contributed by atoms with Gasteiger partial charge in [0.05, 0.1) is 11.3 Å². The van der Waals surface area contributed by atoms with Crippen LogP contribution in [-0.4, -0.2) is 20.2 Å². The minimum Gasteiger partial charge on any atom is -0.399 e. The van der Waals surface area contributed by atoms with Crippen LogP contribution in [0.2, 0.25) is 0 Å². The van der Waals surface area contributed by atoms with E-state index in [1.54, 1.807) is 24.3 Å². The summed E-state index contributed by atoms with van der Waals surface area (Å²) < 4.78 is 39.7. The molecule has 0 atom stereocenters. The van der Waals surface area contributed by atoms with Gasteiger partial charge in [-0.05, 0) is 40.8 Å². The van der Waals surface area contributed by atoms with E-state index in [-0.39, 0.29) is 5.69 Å². The predicted octanol–water partition coefficient (Wildman–Crippen LogP) is 2.93. The number of nitrogen functional groups attached to an aromatic ring is 1. The predicted molar refractivity (Wildman–Crippen MR) is 74.0 cm³/mol. The topological polar surface area (TPSA) is 69.6 Å². The monoisotopic (exact) mass is 305 g/mol. The summed E-state index contributed by atoms with van der Waals surface area (Å²) in [6.45, 7) is 0. The lowest BCUT2D eigenvalue weighted by Crippen LogP contribution is -2.07. The summed E-state index contributed by atoms with van der Waals surface area (Å²) in [5.74, 6) is 0.312. The van der Waals surface area contributed by atoms with Gasteiger partial charge in [-0.15, -0.1) is 5.10 Å². The van der Waals surface area contributed by atoms with Crippen LogP contribution in [0.4, 0.5) is 18.9 Å². The van der Waals surface area contributed by atoms with Gasteiger partial charge in [0.2, 0.25) is 0 Å². The molecule has 0 spiro atoms. The van der Waals surface area contributed by atoms with Gasteiger partial charge in [-0.3, -0.25) is 0 Å². The normalized spacial score (nSPS) is 11.6. The van der Waals surface area contributed by atoms with Crippen LogP contribution in [0.3, 0.4) is 0 Å². The zero-order chi connectivity index (χ0) is 15.7. The van der Waals surface area contributed by atoms with Crippen molar-refractivity contribution in [1.29, 1.82) is 0 Å². The summed E-state index contributed by atoms with van der Waals surface area (Å²) in [6.07, 6.45) is -4.43. The first-order chi connectivity index (χ1) is 10.4. The van der Waals surface area contributed by atoms with E-state index in [0.717, 1.165) is 12.1 Å². The number of anilines is 1. The third kappa shape index (κ3) is 2.62. The Morgan fingerprint density at radius 3 is 2.50 bits per heavy atom. The highest BCUT2D eigenvalue weighted by atomic mass is 19.4. The number of rotatable bonds is 2. The summed E-state index contributed by atoms with van der Waals surface area (Å²) in [5.41, 5.74) is 6.29. The van der Waals surface area contributed by atoms with E-state index < -0.39 is 11.7 Å². The van der Waals surface area contributed by atoms with Crippen molar-refractivity contribution in [3.05, 3.63) is 54.1 Å². The second-order valence-corrected chi connectivity index (χ2v) is 4.59. The van der Waals surface area contributed by atoms with E-state index in [4.69, 9.17) is 5.73 Å². The molecule has 5 nitrogen and oxygen atoms in total. The SMILES string of the molecule is Nc1cccc(-c2nnnn2-c2cccc(C(F)(F)F)c2)c1. The Kier molecular flexibility index (Phi) is 3.28. The third-order valence-corrected chi connectivity index (χ3v) is 3.03. The number of halogens is 3. The number of hydrogen-bond donors (Lipinski definition) is 1. The lowest BCUT2D eigenvalue weighted by molar-refractivity contribution is -0.137. The molecule has 0 bridgehead atoms. The van der Waals surface area contributed by atoms with Gasteiger partial charge in [-0.25, -0.2) is 0 Å². The van der Waals surface area contributed by atoms with Gasteiger partial charge < -0.3 is 5.73 Å². The molecule has 0 aliphatic heterocycles. The average Bonchev–Trinajstić information content (AvgIpc) is 2.96. The van der Waals surface area contributed by atoms with Gasteiger partial charge in [0.25, 0.3) is 0 Å². The van der Waals surface area contributed by atoms with Crippen LogP contribution in [0.1, 0.15) is 5.56 Å². The molecular formula is C14H10F3N5. The fourth-order valence-electron chi connectivity index (χ4n) is 2.03. The Hall–Kier alpha value is -2.90. The third-order valence-electron chi connectivity index (χ3n) is 3.03. The fourth-order valence-corrected chi connectivity index (χ4v) is 2.03. The number of tetrazole rings is 1. The molecule has 3 aromatic rings. The van der Waals surface area contributed by atoms with Crippen molar-refractivity contribution < 1.29 is 13.2 Å². The first-order valence-corrected chi connectivity index (χ1v) is 6.27. The molecule has 1 heterocycles. The van der Waals surface area contributed by atoms with Crippen LogP contribution in [-0.2, 0) is 6.18 Å². The molecule has 0 aliphatic carbocycles. The standard InChI is InChI=1S/C14H10F3N5/c15-14(16,17)10-4-2-6-12(8-10)22-13(19-20-21-22)9-3-1-5-11(18)7-9/h1-8H,18H2. The highest BCUT2D eigenvalue weighted by Gasteiger charge is 2.30. The second-order valence-electron chi connectivity index (χ2n) is 4.59. The number of benzene rings is 2. The van der Waals surface area contributed by atoms with E-state index in [0.29, 0.717) is 17.1 Å². The molecular weight excluding hydrogens is 295 g/mol. The first-order valence-electron chi connectivity index (χ1n) is 6.27. The minimum absolute atomic E-state index is 0.220. The summed E-state index contributed by atoms with van der Waals surface area (Å²) in [7, 11) is 0. The average molecular weight is 305 g/mol. The smallest absolute Gasteiger partial charge is 0.399 e. The van der Waals surface area contributed by atoms with Crippen LogP contribution in [0.15, 0.2) is 48.5 Å². The molecule has 0 radical (unpaired) electrons. The Balaban J connectivity index is 2.10. The van der Waals surface area contributed by atoms with E-state index in [2.05, 4.69) is 15.5 Å². The molecule has 0 aliphatic rings. The number of nitrogens with zero attached hydrogens (tertiary/aromatic N) is 4. The maximum atomic E-state index is 12.8. The fraction of sp³-hybridized carbons (Fsp3) is 0.0714. The maximum Gasteiger partial charge on any atom is 0.416 e. The van der Waals surface area contributed by atoms with Crippen molar-refractivity contribution in [2.75, 3.05) is 5.73 Å². The first kappa shape index (κ1) is 14.1. The molecule has 0 amide bonds. The molecule has 112 valence electrons. The van der Waals surface area contributed by atoms with Crippen LogP contribution >= 0.6 is 0 Å². The molecule has 3 rings (SSSR count). The summed E-state index contributed by atoms with van der Waals surface area (Å²) >= 11 is 0. The summed E-state index contributed by atoms with van der Waals surface area (Å²) in [4.78, 5) is 0. The Morgan fingerprint density at radius 2 is 1.77 bits per heavy atom. The lowest BCUT2D eigenvalue weighted by atomic mass is 10.1. The van der Waals surface area contributed by atoms with Gasteiger partial charge in [-0.1, -0.05) is 18.2 Å². The lowest BCUT2D eigenvalue weighted by Gasteiger charge is -2.09. The number of aromatic nitrogens is 4. The highest BCUT2D eigenvalue weighted by molar-refractivity contribution is 5.62. The van der Waals surface area contributed by atoms with Crippen LogP contribution in [0, 0.1) is 0 Å². The molecule has 0 saturated heterocycles. The van der Waals surface area contributed by atoms with Crippen LogP contribution in [0.5, 0.6) is 0 Å². The van der Waals surface area contributed by atoms with Crippen molar-refractivity contribution in [1.82, 2.24) is 20.2 Å². The molecule has 1 aromatic heterocycles. The van der Waals surface area contributed by atoms with Crippen molar-refractivity contribution in [3.63, 3.8) is 0 Å². The molecule has 2 aromatic carbocycles. The van der Waals surface area contributed by atoms with Gasteiger partial charge in [-0.2, -0.15) is 17.9 Å². The van der Waals surface area contributed by atoms with Gasteiger partial charge in [0.1, 0.15) is 0 Å². The molecule has 22 heavy (non-hydrogen) atoms. The second kappa shape index (κ2) is 5.14. The largest absolute Gasteiger partial charge is 0.416 e. The zero-order valence-corrected chi connectivity index (χ0v) is 11.1. The maximum absolute atomic E-state index is 12.8. The number of nitrogens with two attached hydrogens (primary N) is 1. The van der Waals surface area contributed by atoms with E-state index in [9.17, 15) is 13.2 Å².